The van der Waals surface area contributed by atoms with Crippen LogP contribution in [0.1, 0.15) is 36.6 Å². The SMILES string of the molecule is CCNC(c1ccccc1)c1cccc(CC)c1. The van der Waals surface area contributed by atoms with Crippen molar-refractivity contribution in [3.8, 4) is 0 Å². The van der Waals surface area contributed by atoms with Crippen molar-refractivity contribution in [2.75, 3.05) is 6.54 Å². The van der Waals surface area contributed by atoms with Crippen LogP contribution in [0, 0.1) is 0 Å². The summed E-state index contributed by atoms with van der Waals surface area (Å²) in [6.45, 7) is 5.32. The predicted molar refractivity (Wildman–Crippen MR) is 77.8 cm³/mol. The molecular weight excluding hydrogens is 218 g/mol. The minimum atomic E-state index is 0.294. The van der Waals surface area contributed by atoms with E-state index in [0.29, 0.717) is 6.04 Å². The van der Waals surface area contributed by atoms with Gasteiger partial charge in [0.1, 0.15) is 0 Å². The summed E-state index contributed by atoms with van der Waals surface area (Å²) in [6.07, 6.45) is 1.08. The molecule has 0 amide bonds. The van der Waals surface area contributed by atoms with Gasteiger partial charge in [-0.2, -0.15) is 0 Å². The Hall–Kier alpha value is -1.60. The molecule has 0 heterocycles. The summed E-state index contributed by atoms with van der Waals surface area (Å²) in [6, 6.07) is 19.8. The molecule has 18 heavy (non-hydrogen) atoms. The van der Waals surface area contributed by atoms with Crippen molar-refractivity contribution in [3.63, 3.8) is 0 Å². The topological polar surface area (TPSA) is 12.0 Å². The van der Waals surface area contributed by atoms with Crippen LogP contribution < -0.4 is 5.32 Å². The van der Waals surface area contributed by atoms with Gasteiger partial charge in [-0.05, 0) is 29.7 Å². The molecule has 0 aliphatic heterocycles. The Morgan fingerprint density at radius 3 is 2.28 bits per heavy atom. The van der Waals surface area contributed by atoms with Gasteiger partial charge in [0, 0.05) is 0 Å². The van der Waals surface area contributed by atoms with Crippen LogP contribution in [0.2, 0.25) is 0 Å². The highest BCUT2D eigenvalue weighted by molar-refractivity contribution is 5.34. The monoisotopic (exact) mass is 239 g/mol. The fourth-order valence-electron chi connectivity index (χ4n) is 2.27. The van der Waals surface area contributed by atoms with Gasteiger partial charge in [-0.1, -0.05) is 68.4 Å². The first kappa shape index (κ1) is 12.8. The number of aryl methyl sites for hydroxylation is 1. The Kier molecular flexibility index (Phi) is 4.54. The molecule has 2 aromatic rings. The van der Waals surface area contributed by atoms with E-state index in [2.05, 4.69) is 73.8 Å². The van der Waals surface area contributed by atoms with Crippen molar-refractivity contribution in [1.29, 1.82) is 0 Å². The largest absolute Gasteiger partial charge is 0.307 e. The van der Waals surface area contributed by atoms with Crippen molar-refractivity contribution >= 4 is 0 Å². The van der Waals surface area contributed by atoms with Crippen molar-refractivity contribution in [2.24, 2.45) is 0 Å². The van der Waals surface area contributed by atoms with Crippen molar-refractivity contribution < 1.29 is 0 Å². The van der Waals surface area contributed by atoms with Crippen molar-refractivity contribution in [3.05, 3.63) is 71.3 Å². The lowest BCUT2D eigenvalue weighted by Gasteiger charge is -2.19. The standard InChI is InChI=1S/C17H21N/c1-3-14-9-8-12-16(13-14)17(18-4-2)15-10-6-5-7-11-15/h5-13,17-18H,3-4H2,1-2H3. The van der Waals surface area contributed by atoms with E-state index in [0.717, 1.165) is 13.0 Å². The van der Waals surface area contributed by atoms with E-state index in [-0.39, 0.29) is 0 Å². The van der Waals surface area contributed by atoms with Gasteiger partial charge in [0.2, 0.25) is 0 Å². The second-order valence-corrected chi connectivity index (χ2v) is 4.50. The van der Waals surface area contributed by atoms with Crippen molar-refractivity contribution in [2.45, 2.75) is 26.3 Å². The zero-order chi connectivity index (χ0) is 12.8. The van der Waals surface area contributed by atoms with Crippen LogP contribution in [0.3, 0.4) is 0 Å². The number of nitrogens with one attached hydrogen (secondary N) is 1. The van der Waals surface area contributed by atoms with Gasteiger partial charge in [-0.25, -0.2) is 0 Å². The van der Waals surface area contributed by atoms with Crippen LogP contribution in [-0.4, -0.2) is 6.54 Å². The molecule has 1 unspecified atom stereocenters. The molecule has 0 radical (unpaired) electrons. The lowest BCUT2D eigenvalue weighted by Crippen LogP contribution is -2.22. The first-order chi connectivity index (χ1) is 8.85. The van der Waals surface area contributed by atoms with Crippen LogP contribution >= 0.6 is 0 Å². The molecule has 0 aliphatic carbocycles. The number of hydrogen-bond acceptors (Lipinski definition) is 1. The number of benzene rings is 2. The lowest BCUT2D eigenvalue weighted by molar-refractivity contribution is 0.630. The van der Waals surface area contributed by atoms with E-state index in [4.69, 9.17) is 0 Å². The molecule has 2 rings (SSSR count). The minimum absolute atomic E-state index is 0.294. The Balaban J connectivity index is 2.35. The zero-order valence-electron chi connectivity index (χ0n) is 11.2. The van der Waals surface area contributed by atoms with E-state index in [9.17, 15) is 0 Å². The van der Waals surface area contributed by atoms with Crippen LogP contribution in [0.4, 0.5) is 0 Å². The van der Waals surface area contributed by atoms with E-state index in [1.54, 1.807) is 0 Å². The second kappa shape index (κ2) is 6.36. The summed E-state index contributed by atoms with van der Waals surface area (Å²) in [4.78, 5) is 0. The quantitative estimate of drug-likeness (QED) is 0.833. The normalized spacial score (nSPS) is 12.3. The minimum Gasteiger partial charge on any atom is -0.307 e. The smallest absolute Gasteiger partial charge is 0.0576 e. The van der Waals surface area contributed by atoms with Crippen molar-refractivity contribution in [1.82, 2.24) is 5.32 Å². The third kappa shape index (κ3) is 2.99. The zero-order valence-corrected chi connectivity index (χ0v) is 11.2. The number of hydrogen-bond donors (Lipinski definition) is 1. The molecular formula is C17H21N. The summed E-state index contributed by atoms with van der Waals surface area (Å²) in [7, 11) is 0. The highest BCUT2D eigenvalue weighted by Gasteiger charge is 2.12. The molecule has 0 spiro atoms. The van der Waals surface area contributed by atoms with Gasteiger partial charge in [0.25, 0.3) is 0 Å². The molecule has 0 saturated carbocycles. The maximum atomic E-state index is 3.57. The van der Waals surface area contributed by atoms with Crippen LogP contribution in [0.15, 0.2) is 54.6 Å². The van der Waals surface area contributed by atoms with E-state index in [1.165, 1.54) is 16.7 Å². The fourth-order valence-corrected chi connectivity index (χ4v) is 2.27. The third-order valence-corrected chi connectivity index (χ3v) is 3.23. The van der Waals surface area contributed by atoms with Gasteiger partial charge in [-0.15, -0.1) is 0 Å². The Morgan fingerprint density at radius 2 is 1.61 bits per heavy atom. The highest BCUT2D eigenvalue weighted by Crippen LogP contribution is 2.22. The molecule has 1 nitrogen and oxygen atoms in total. The average Bonchev–Trinajstić information content (AvgIpc) is 2.46. The molecule has 94 valence electrons. The van der Waals surface area contributed by atoms with E-state index >= 15 is 0 Å². The van der Waals surface area contributed by atoms with E-state index < -0.39 is 0 Å². The fraction of sp³-hybridized carbons (Fsp3) is 0.294. The third-order valence-electron chi connectivity index (χ3n) is 3.23. The van der Waals surface area contributed by atoms with Gasteiger partial charge >= 0.3 is 0 Å². The Morgan fingerprint density at radius 1 is 0.889 bits per heavy atom. The van der Waals surface area contributed by atoms with Gasteiger partial charge in [0.15, 0.2) is 0 Å². The van der Waals surface area contributed by atoms with Gasteiger partial charge < -0.3 is 5.32 Å². The van der Waals surface area contributed by atoms with Crippen LogP contribution in [-0.2, 0) is 6.42 Å². The maximum Gasteiger partial charge on any atom is 0.0576 e. The summed E-state index contributed by atoms with van der Waals surface area (Å²) < 4.78 is 0. The summed E-state index contributed by atoms with van der Waals surface area (Å²) in [5, 5.41) is 3.57. The molecule has 0 aliphatic rings. The highest BCUT2D eigenvalue weighted by atomic mass is 14.9. The molecule has 1 N–H and O–H groups in total. The summed E-state index contributed by atoms with van der Waals surface area (Å²) in [5.74, 6) is 0. The first-order valence-electron chi connectivity index (χ1n) is 6.72. The molecule has 1 heteroatoms. The summed E-state index contributed by atoms with van der Waals surface area (Å²) in [5.41, 5.74) is 4.07. The summed E-state index contributed by atoms with van der Waals surface area (Å²) >= 11 is 0. The van der Waals surface area contributed by atoms with Gasteiger partial charge in [0.05, 0.1) is 6.04 Å². The number of rotatable bonds is 5. The Bertz CT molecular complexity index is 476. The Labute approximate surface area is 110 Å². The molecule has 2 aromatic carbocycles. The van der Waals surface area contributed by atoms with Crippen LogP contribution in [0.25, 0.3) is 0 Å². The first-order valence-corrected chi connectivity index (χ1v) is 6.72. The molecule has 0 aromatic heterocycles. The van der Waals surface area contributed by atoms with Crippen LogP contribution in [0.5, 0.6) is 0 Å². The molecule has 0 saturated heterocycles. The maximum absolute atomic E-state index is 3.57. The van der Waals surface area contributed by atoms with Gasteiger partial charge in [-0.3, -0.25) is 0 Å². The molecule has 1 atom stereocenters. The molecule has 0 bridgehead atoms. The molecule has 0 fully saturated rings. The van der Waals surface area contributed by atoms with E-state index in [1.807, 2.05) is 0 Å². The second-order valence-electron chi connectivity index (χ2n) is 4.50. The predicted octanol–water partition coefficient (Wildman–Crippen LogP) is 3.95. The average molecular weight is 239 g/mol. The lowest BCUT2D eigenvalue weighted by atomic mass is 9.96.